The maximum Gasteiger partial charge on any atom is 0.309 e. The molecule has 0 unspecified atom stereocenters. The number of benzene rings is 1. The fourth-order valence-electron chi connectivity index (χ4n) is 2.91. The molecule has 1 aliphatic carbocycles. The molecule has 0 aromatic heterocycles. The molecule has 0 aliphatic heterocycles. The van der Waals surface area contributed by atoms with Gasteiger partial charge >= 0.3 is 5.97 Å². The summed E-state index contributed by atoms with van der Waals surface area (Å²) in [5, 5.41) is 9.57. The summed E-state index contributed by atoms with van der Waals surface area (Å²) < 4.78 is 5.32. The van der Waals surface area contributed by atoms with Gasteiger partial charge in [-0.3, -0.25) is 4.79 Å². The van der Waals surface area contributed by atoms with Gasteiger partial charge < -0.3 is 9.84 Å². The first-order valence-corrected chi connectivity index (χ1v) is 6.53. The second kappa shape index (κ2) is 5.42. The van der Waals surface area contributed by atoms with E-state index in [4.69, 9.17) is 4.74 Å². The lowest BCUT2D eigenvalue weighted by molar-refractivity contribution is -0.151. The van der Waals surface area contributed by atoms with Crippen LogP contribution in [0.25, 0.3) is 0 Å². The minimum absolute atomic E-state index is 0.576. The van der Waals surface area contributed by atoms with Crippen molar-refractivity contribution in [2.24, 2.45) is 5.41 Å². The highest BCUT2D eigenvalue weighted by atomic mass is 16.5. The number of aliphatic carboxylic acids is 1. The third-order valence-electron chi connectivity index (χ3n) is 3.99. The van der Waals surface area contributed by atoms with Crippen LogP contribution in [0.4, 0.5) is 0 Å². The molecule has 0 saturated heterocycles. The minimum atomic E-state index is -0.659. The molecule has 1 aliphatic rings. The molecular weight excluding hydrogens is 228 g/mol. The second-order valence-corrected chi connectivity index (χ2v) is 5.13. The van der Waals surface area contributed by atoms with Gasteiger partial charge in [0.1, 0.15) is 5.75 Å². The van der Waals surface area contributed by atoms with Crippen LogP contribution in [0.1, 0.15) is 37.7 Å². The molecule has 1 N–H and O–H groups in total. The lowest BCUT2D eigenvalue weighted by Crippen LogP contribution is -2.35. The molecule has 0 bridgehead atoms. The van der Waals surface area contributed by atoms with Crippen molar-refractivity contribution in [3.05, 3.63) is 29.8 Å². The lowest BCUT2D eigenvalue weighted by Gasteiger charge is -2.33. The summed E-state index contributed by atoms with van der Waals surface area (Å²) in [6.07, 6.45) is 5.32. The summed E-state index contributed by atoms with van der Waals surface area (Å²) in [5.41, 5.74) is 0.414. The molecule has 1 aromatic rings. The number of rotatable bonds is 4. The summed E-state index contributed by atoms with van der Waals surface area (Å²) >= 11 is 0. The zero-order chi connectivity index (χ0) is 13.0. The number of carbonyl (C=O) groups is 1. The lowest BCUT2D eigenvalue weighted by atomic mass is 9.70. The van der Waals surface area contributed by atoms with Crippen LogP contribution in [0.5, 0.6) is 5.75 Å². The average molecular weight is 248 g/mol. The largest absolute Gasteiger partial charge is 0.496 e. The highest BCUT2D eigenvalue weighted by molar-refractivity contribution is 5.75. The highest BCUT2D eigenvalue weighted by Gasteiger charge is 2.40. The van der Waals surface area contributed by atoms with E-state index in [1.165, 1.54) is 0 Å². The Morgan fingerprint density at radius 1 is 1.28 bits per heavy atom. The van der Waals surface area contributed by atoms with E-state index in [1.807, 2.05) is 24.3 Å². The van der Waals surface area contributed by atoms with E-state index in [9.17, 15) is 9.90 Å². The van der Waals surface area contributed by atoms with Gasteiger partial charge in [-0.2, -0.15) is 0 Å². The van der Waals surface area contributed by atoms with E-state index in [-0.39, 0.29) is 0 Å². The van der Waals surface area contributed by atoms with Crippen LogP contribution in [0.15, 0.2) is 24.3 Å². The van der Waals surface area contributed by atoms with E-state index < -0.39 is 11.4 Å². The van der Waals surface area contributed by atoms with Crippen LogP contribution in [-0.2, 0) is 11.2 Å². The van der Waals surface area contributed by atoms with Gasteiger partial charge in [0.05, 0.1) is 12.5 Å². The van der Waals surface area contributed by atoms with Crippen LogP contribution in [0.3, 0.4) is 0 Å². The molecule has 0 spiro atoms. The van der Waals surface area contributed by atoms with Crippen molar-refractivity contribution >= 4 is 5.97 Å². The summed E-state index contributed by atoms with van der Waals surface area (Å²) in [4.78, 5) is 11.6. The molecule has 3 heteroatoms. The van der Waals surface area contributed by atoms with Crippen molar-refractivity contribution in [3.8, 4) is 5.75 Å². The number of carboxylic acid groups (broad SMARTS) is 1. The molecule has 3 nitrogen and oxygen atoms in total. The van der Waals surface area contributed by atoms with Gasteiger partial charge in [0.15, 0.2) is 0 Å². The maximum atomic E-state index is 11.6. The molecule has 1 aromatic carbocycles. The molecule has 0 heterocycles. The number of hydrogen-bond acceptors (Lipinski definition) is 2. The Bertz CT molecular complexity index is 420. The highest BCUT2D eigenvalue weighted by Crippen LogP contribution is 2.41. The topological polar surface area (TPSA) is 46.5 Å². The Hall–Kier alpha value is -1.51. The van der Waals surface area contributed by atoms with Crippen molar-refractivity contribution in [1.29, 1.82) is 0 Å². The van der Waals surface area contributed by atoms with Crippen molar-refractivity contribution < 1.29 is 14.6 Å². The van der Waals surface area contributed by atoms with Crippen LogP contribution in [0, 0.1) is 5.41 Å². The number of carboxylic acids is 1. The Kier molecular flexibility index (Phi) is 3.90. The SMILES string of the molecule is COc1ccccc1CC1(C(=O)O)CCCCC1. The molecule has 18 heavy (non-hydrogen) atoms. The van der Waals surface area contributed by atoms with Gasteiger partial charge in [-0.05, 0) is 30.9 Å². The van der Waals surface area contributed by atoms with Crippen molar-refractivity contribution in [2.75, 3.05) is 7.11 Å². The Morgan fingerprint density at radius 3 is 2.56 bits per heavy atom. The van der Waals surface area contributed by atoms with Crippen LogP contribution in [-0.4, -0.2) is 18.2 Å². The molecule has 0 amide bonds. The van der Waals surface area contributed by atoms with E-state index in [0.717, 1.165) is 43.4 Å². The van der Waals surface area contributed by atoms with Crippen molar-refractivity contribution in [3.63, 3.8) is 0 Å². The summed E-state index contributed by atoms with van der Waals surface area (Å²) in [5.74, 6) is 0.136. The third kappa shape index (κ3) is 2.50. The molecular formula is C15H20O3. The minimum Gasteiger partial charge on any atom is -0.496 e. The van der Waals surface area contributed by atoms with E-state index in [1.54, 1.807) is 7.11 Å². The molecule has 0 radical (unpaired) electrons. The maximum absolute atomic E-state index is 11.6. The van der Waals surface area contributed by atoms with Crippen molar-refractivity contribution in [1.82, 2.24) is 0 Å². The smallest absolute Gasteiger partial charge is 0.309 e. The standard InChI is InChI=1S/C15H20O3/c1-18-13-8-4-3-7-12(13)11-15(14(16)17)9-5-2-6-10-15/h3-4,7-8H,2,5-6,9-11H2,1H3,(H,16,17). The van der Waals surface area contributed by atoms with E-state index >= 15 is 0 Å². The van der Waals surface area contributed by atoms with E-state index in [2.05, 4.69) is 0 Å². The van der Waals surface area contributed by atoms with Crippen LogP contribution < -0.4 is 4.74 Å². The van der Waals surface area contributed by atoms with Crippen molar-refractivity contribution in [2.45, 2.75) is 38.5 Å². The predicted molar refractivity (Wildman–Crippen MR) is 69.9 cm³/mol. The van der Waals surface area contributed by atoms with Gasteiger partial charge in [0.2, 0.25) is 0 Å². The monoisotopic (exact) mass is 248 g/mol. The molecule has 2 rings (SSSR count). The number of ether oxygens (including phenoxy) is 1. The van der Waals surface area contributed by atoms with Gasteiger partial charge in [0, 0.05) is 0 Å². The number of methoxy groups -OCH3 is 1. The second-order valence-electron chi connectivity index (χ2n) is 5.13. The first-order valence-electron chi connectivity index (χ1n) is 6.53. The van der Waals surface area contributed by atoms with Gasteiger partial charge in [0.25, 0.3) is 0 Å². The first kappa shape index (κ1) is 12.9. The van der Waals surface area contributed by atoms with Gasteiger partial charge in [-0.1, -0.05) is 37.5 Å². The fourth-order valence-corrected chi connectivity index (χ4v) is 2.91. The molecule has 1 saturated carbocycles. The number of para-hydroxylation sites is 1. The summed E-state index contributed by atoms with van der Waals surface area (Å²) in [7, 11) is 1.63. The summed E-state index contributed by atoms with van der Waals surface area (Å²) in [6.45, 7) is 0. The van der Waals surface area contributed by atoms with E-state index in [0.29, 0.717) is 6.42 Å². The number of hydrogen-bond donors (Lipinski definition) is 1. The normalized spacial score (nSPS) is 18.3. The third-order valence-corrected chi connectivity index (χ3v) is 3.99. The Morgan fingerprint density at radius 2 is 1.94 bits per heavy atom. The summed E-state index contributed by atoms with van der Waals surface area (Å²) in [6, 6.07) is 7.72. The van der Waals surface area contributed by atoms with Crippen LogP contribution >= 0.6 is 0 Å². The molecule has 98 valence electrons. The quantitative estimate of drug-likeness (QED) is 0.889. The first-order chi connectivity index (χ1) is 8.68. The average Bonchev–Trinajstić information content (AvgIpc) is 2.40. The predicted octanol–water partition coefficient (Wildman–Crippen LogP) is 3.27. The molecule has 0 atom stereocenters. The van der Waals surface area contributed by atoms with Gasteiger partial charge in [-0.15, -0.1) is 0 Å². The Labute approximate surface area is 108 Å². The fraction of sp³-hybridized carbons (Fsp3) is 0.533. The molecule has 1 fully saturated rings. The zero-order valence-corrected chi connectivity index (χ0v) is 10.8. The van der Waals surface area contributed by atoms with Gasteiger partial charge in [-0.25, -0.2) is 0 Å². The van der Waals surface area contributed by atoms with Crippen LogP contribution in [0.2, 0.25) is 0 Å². The Balaban J connectivity index is 2.26. The zero-order valence-electron chi connectivity index (χ0n) is 10.8.